The maximum atomic E-state index is 5.75. The highest BCUT2D eigenvalue weighted by Gasteiger charge is 2.00. The summed E-state index contributed by atoms with van der Waals surface area (Å²) in [7, 11) is 1.85. The summed E-state index contributed by atoms with van der Waals surface area (Å²) in [6.45, 7) is 0. The Labute approximate surface area is 86.5 Å². The third kappa shape index (κ3) is 2.32. The van der Waals surface area contributed by atoms with Crippen molar-refractivity contribution in [2.75, 3.05) is 0 Å². The smallest absolute Gasteiger partial charge is 0.135 e. The van der Waals surface area contributed by atoms with Crippen LogP contribution in [0.15, 0.2) is 9.59 Å². The topological polar surface area (TPSA) is 17.8 Å². The summed E-state index contributed by atoms with van der Waals surface area (Å²) in [6.07, 6.45) is 3.43. The largest absolute Gasteiger partial charge is 0.319 e. The maximum Gasteiger partial charge on any atom is 0.135 e. The van der Waals surface area contributed by atoms with Crippen molar-refractivity contribution in [3.8, 4) is 0 Å². The third-order valence-electron chi connectivity index (χ3n) is 1.21. The van der Waals surface area contributed by atoms with E-state index in [1.807, 2.05) is 13.1 Å². The van der Waals surface area contributed by atoms with Crippen LogP contribution in [0.2, 0.25) is 5.15 Å². The first kappa shape index (κ1) is 9.29. The number of imidazole rings is 1. The minimum absolute atomic E-state index is 0.623. The van der Waals surface area contributed by atoms with Gasteiger partial charge in [-0.25, -0.2) is 4.98 Å². The summed E-state index contributed by atoms with van der Waals surface area (Å²) >= 11 is 12.2. The number of halogens is 3. The van der Waals surface area contributed by atoms with Crippen LogP contribution >= 0.6 is 43.5 Å². The molecule has 0 radical (unpaired) electrons. The van der Waals surface area contributed by atoms with E-state index >= 15 is 0 Å². The molecule has 1 heterocycles. The minimum Gasteiger partial charge on any atom is -0.319 e. The van der Waals surface area contributed by atoms with Gasteiger partial charge in [0.05, 0.1) is 9.59 Å². The average Bonchev–Trinajstić information content (AvgIpc) is 2.18. The van der Waals surface area contributed by atoms with Gasteiger partial charge < -0.3 is 4.57 Å². The van der Waals surface area contributed by atoms with Gasteiger partial charge in [0.25, 0.3) is 0 Å². The predicted molar refractivity (Wildman–Crippen MR) is 54.0 cm³/mol. The van der Waals surface area contributed by atoms with Gasteiger partial charge in [-0.15, -0.1) is 0 Å². The molecule has 0 unspecified atom stereocenters. The fraction of sp³-hybridized carbons (Fsp3) is 0.167. The van der Waals surface area contributed by atoms with Gasteiger partial charge in [-0.2, -0.15) is 0 Å². The van der Waals surface area contributed by atoms with E-state index in [2.05, 4.69) is 36.8 Å². The van der Waals surface area contributed by atoms with Crippen LogP contribution in [0.1, 0.15) is 5.82 Å². The highest BCUT2D eigenvalue weighted by Crippen LogP contribution is 2.18. The first-order valence-corrected chi connectivity index (χ1v) is 4.77. The Morgan fingerprint density at radius 1 is 1.73 bits per heavy atom. The second-order valence-electron chi connectivity index (χ2n) is 1.93. The van der Waals surface area contributed by atoms with Crippen LogP contribution in [0.5, 0.6) is 0 Å². The first-order chi connectivity index (χ1) is 5.11. The fourth-order valence-electron chi connectivity index (χ4n) is 0.634. The molecule has 2 nitrogen and oxygen atoms in total. The Morgan fingerprint density at radius 3 is 2.73 bits per heavy atom. The molecule has 0 amide bonds. The van der Waals surface area contributed by atoms with Gasteiger partial charge >= 0.3 is 0 Å². The average molecular weight is 300 g/mol. The van der Waals surface area contributed by atoms with Crippen LogP contribution in [-0.4, -0.2) is 9.55 Å². The van der Waals surface area contributed by atoms with E-state index in [9.17, 15) is 0 Å². The number of hydrogen-bond acceptors (Lipinski definition) is 1. The second-order valence-corrected chi connectivity index (χ2v) is 5.09. The van der Waals surface area contributed by atoms with Crippen molar-refractivity contribution in [2.45, 2.75) is 0 Å². The van der Waals surface area contributed by atoms with E-state index in [0.29, 0.717) is 5.15 Å². The molecule has 5 heteroatoms. The molecule has 0 aromatic carbocycles. The number of rotatable bonds is 1. The van der Waals surface area contributed by atoms with Crippen molar-refractivity contribution in [1.29, 1.82) is 0 Å². The molecule has 1 aromatic rings. The van der Waals surface area contributed by atoms with E-state index in [1.54, 1.807) is 10.8 Å². The summed E-state index contributed by atoms with van der Waals surface area (Å²) in [6, 6.07) is 0. The summed E-state index contributed by atoms with van der Waals surface area (Å²) in [4.78, 5) is 4.05. The van der Waals surface area contributed by atoms with Gasteiger partial charge in [0, 0.05) is 13.1 Å². The SMILES string of the molecule is Cn1c(Cl)cnc1C=C(Br)Br. The zero-order valence-corrected chi connectivity index (χ0v) is 9.61. The van der Waals surface area contributed by atoms with Crippen LogP contribution in [0.4, 0.5) is 0 Å². The molecule has 1 rings (SSSR count). The first-order valence-electron chi connectivity index (χ1n) is 2.81. The predicted octanol–water partition coefficient (Wildman–Crippen LogP) is 3.16. The van der Waals surface area contributed by atoms with Gasteiger partial charge in [-0.05, 0) is 31.9 Å². The zero-order chi connectivity index (χ0) is 8.43. The summed E-state index contributed by atoms with van der Waals surface area (Å²) in [5.41, 5.74) is 0. The quantitative estimate of drug-likeness (QED) is 0.779. The molecule has 11 heavy (non-hydrogen) atoms. The molecule has 0 saturated carbocycles. The molecule has 0 fully saturated rings. The zero-order valence-electron chi connectivity index (χ0n) is 5.68. The van der Waals surface area contributed by atoms with E-state index in [4.69, 9.17) is 11.6 Å². The summed E-state index contributed by atoms with van der Waals surface area (Å²) in [5.74, 6) is 0.804. The van der Waals surface area contributed by atoms with Crippen molar-refractivity contribution >= 4 is 49.5 Å². The molecule has 0 atom stereocenters. The van der Waals surface area contributed by atoms with Gasteiger partial charge in [-0.1, -0.05) is 11.6 Å². The van der Waals surface area contributed by atoms with E-state index in [0.717, 1.165) is 9.22 Å². The number of aromatic nitrogens is 2. The highest BCUT2D eigenvalue weighted by atomic mass is 79.9. The van der Waals surface area contributed by atoms with Crippen LogP contribution in [0.3, 0.4) is 0 Å². The summed E-state index contributed by atoms with van der Waals surface area (Å²) in [5, 5.41) is 0.623. The monoisotopic (exact) mass is 298 g/mol. The highest BCUT2D eigenvalue weighted by molar-refractivity contribution is 9.28. The fourth-order valence-corrected chi connectivity index (χ4v) is 1.18. The van der Waals surface area contributed by atoms with E-state index in [-0.39, 0.29) is 0 Å². The molecule has 60 valence electrons. The van der Waals surface area contributed by atoms with Crippen LogP contribution in [0, 0.1) is 0 Å². The molecule has 0 aliphatic rings. The van der Waals surface area contributed by atoms with Gasteiger partial charge in [0.1, 0.15) is 11.0 Å². The number of hydrogen-bond donors (Lipinski definition) is 0. The summed E-state index contributed by atoms with van der Waals surface area (Å²) < 4.78 is 2.62. The van der Waals surface area contributed by atoms with Crippen molar-refractivity contribution in [1.82, 2.24) is 9.55 Å². The Hall–Kier alpha value is 0.200. The van der Waals surface area contributed by atoms with Crippen LogP contribution in [0.25, 0.3) is 6.08 Å². The van der Waals surface area contributed by atoms with Crippen molar-refractivity contribution in [3.05, 3.63) is 20.6 Å². The molecular weight excluding hydrogens is 295 g/mol. The Bertz CT molecular complexity index is 289. The Morgan fingerprint density at radius 2 is 2.36 bits per heavy atom. The van der Waals surface area contributed by atoms with Crippen molar-refractivity contribution < 1.29 is 0 Å². The maximum absolute atomic E-state index is 5.75. The molecule has 0 aliphatic heterocycles. The van der Waals surface area contributed by atoms with Gasteiger partial charge in [0.15, 0.2) is 0 Å². The molecular formula is C6H5Br2ClN2. The molecule has 0 saturated heterocycles. The van der Waals surface area contributed by atoms with Crippen LogP contribution < -0.4 is 0 Å². The van der Waals surface area contributed by atoms with Gasteiger partial charge in [0.2, 0.25) is 0 Å². The molecule has 0 bridgehead atoms. The normalized spacial score (nSPS) is 9.82. The van der Waals surface area contributed by atoms with Crippen LogP contribution in [-0.2, 0) is 7.05 Å². The Balaban J connectivity index is 3.06. The van der Waals surface area contributed by atoms with E-state index < -0.39 is 0 Å². The molecule has 0 aliphatic carbocycles. The lowest BCUT2D eigenvalue weighted by atomic mass is 10.6. The lowest BCUT2D eigenvalue weighted by molar-refractivity contribution is 0.898. The molecule has 0 N–H and O–H groups in total. The molecule has 1 aromatic heterocycles. The standard InChI is InChI=1S/C6H5Br2ClN2/c1-11-5(9)3-10-6(11)2-4(7)8/h2-3H,1H3. The lowest BCUT2D eigenvalue weighted by Gasteiger charge is -1.94. The van der Waals surface area contributed by atoms with Crippen molar-refractivity contribution in [2.24, 2.45) is 7.05 Å². The second kappa shape index (κ2) is 3.74. The van der Waals surface area contributed by atoms with Crippen molar-refractivity contribution in [3.63, 3.8) is 0 Å². The lowest BCUT2D eigenvalue weighted by Crippen LogP contribution is -1.90. The number of nitrogens with zero attached hydrogens (tertiary/aromatic N) is 2. The Kier molecular flexibility index (Phi) is 3.16. The molecule has 0 spiro atoms. The minimum atomic E-state index is 0.623. The van der Waals surface area contributed by atoms with Gasteiger partial charge in [-0.3, -0.25) is 0 Å². The van der Waals surface area contributed by atoms with E-state index in [1.165, 1.54) is 0 Å². The third-order valence-corrected chi connectivity index (χ3v) is 2.01.